The molecule has 0 bridgehead atoms. The van der Waals surface area contributed by atoms with Crippen LogP contribution in [0.3, 0.4) is 0 Å². The van der Waals surface area contributed by atoms with Gasteiger partial charge >= 0.3 is 0 Å². The van der Waals surface area contributed by atoms with E-state index in [1.54, 1.807) is 36.4 Å². The third-order valence-corrected chi connectivity index (χ3v) is 5.19. The van der Waals surface area contributed by atoms with Crippen molar-refractivity contribution in [3.05, 3.63) is 77.5 Å². The lowest BCUT2D eigenvalue weighted by Crippen LogP contribution is -2.42. The summed E-state index contributed by atoms with van der Waals surface area (Å²) in [5.41, 5.74) is 1.31. The molecule has 0 unspecified atom stereocenters. The molecule has 6 heteroatoms. The maximum atomic E-state index is 13.0. The van der Waals surface area contributed by atoms with Gasteiger partial charge in [-0.15, -0.1) is 0 Å². The second-order valence-electron chi connectivity index (χ2n) is 5.63. The van der Waals surface area contributed by atoms with Crippen LogP contribution in [0.15, 0.2) is 66.1 Å². The fourth-order valence-corrected chi connectivity index (χ4v) is 3.96. The van der Waals surface area contributed by atoms with E-state index in [9.17, 15) is 17.6 Å². The zero-order valence-corrected chi connectivity index (χ0v) is 13.6. The quantitative estimate of drug-likeness (QED) is 0.856. The lowest BCUT2D eigenvalue weighted by molar-refractivity contribution is -0.118. The summed E-state index contributed by atoms with van der Waals surface area (Å²) in [5, 5.41) is 1.15. The van der Waals surface area contributed by atoms with E-state index in [-0.39, 0.29) is 23.9 Å². The summed E-state index contributed by atoms with van der Waals surface area (Å²) in [6, 6.07) is 14.1. The number of hydrogen-bond acceptors (Lipinski definition) is 3. The number of hydrogen-bond donors (Lipinski definition) is 0. The van der Waals surface area contributed by atoms with Gasteiger partial charge in [-0.2, -0.15) is 0 Å². The van der Waals surface area contributed by atoms with Crippen LogP contribution in [0.2, 0.25) is 0 Å². The van der Waals surface area contributed by atoms with Gasteiger partial charge in [0.25, 0.3) is 0 Å². The van der Waals surface area contributed by atoms with E-state index in [0.717, 1.165) is 5.41 Å². The summed E-state index contributed by atoms with van der Waals surface area (Å²) in [4.78, 5) is 14.3. The van der Waals surface area contributed by atoms with Crippen molar-refractivity contribution < 1.29 is 17.6 Å². The Kier molecular flexibility index (Phi) is 4.49. The fraction of sp³-hybridized carbons (Fsp3) is 0.167. The Hall–Kier alpha value is -2.47. The molecule has 2 aromatic rings. The molecule has 4 nitrogen and oxygen atoms in total. The van der Waals surface area contributed by atoms with Crippen LogP contribution >= 0.6 is 0 Å². The number of carbonyl (C=O) groups is 1. The van der Waals surface area contributed by atoms with Crippen molar-refractivity contribution in [2.24, 2.45) is 0 Å². The standard InChI is InChI=1S/C18H16FNO3S/c19-15-8-6-14(7-9-15)12-18(21)20(16-4-2-1-3-5-16)17-10-11-24(22,23)13-17/h1-11,17H,12-13H2/t17-/m1/s1. The van der Waals surface area contributed by atoms with Crippen LogP contribution in [0.25, 0.3) is 0 Å². The SMILES string of the molecule is O=C(Cc1ccc(F)cc1)N(c1ccccc1)[C@@H]1C=CS(=O)(=O)C1. The Morgan fingerprint density at radius 3 is 2.33 bits per heavy atom. The molecule has 1 aliphatic rings. The molecule has 3 rings (SSSR count). The van der Waals surface area contributed by atoms with Crippen molar-refractivity contribution in [2.75, 3.05) is 10.7 Å². The van der Waals surface area contributed by atoms with Gasteiger partial charge in [-0.3, -0.25) is 4.79 Å². The van der Waals surface area contributed by atoms with Crippen LogP contribution in [0.1, 0.15) is 5.56 Å². The molecule has 1 atom stereocenters. The molecule has 0 saturated heterocycles. The van der Waals surface area contributed by atoms with Gasteiger partial charge in [0.15, 0.2) is 9.84 Å². The van der Waals surface area contributed by atoms with Gasteiger partial charge in [-0.1, -0.05) is 30.3 Å². The number of anilines is 1. The van der Waals surface area contributed by atoms with Crippen LogP contribution < -0.4 is 4.90 Å². The molecule has 1 aliphatic heterocycles. The maximum absolute atomic E-state index is 13.0. The Morgan fingerprint density at radius 2 is 1.75 bits per heavy atom. The number of carbonyl (C=O) groups excluding carboxylic acids is 1. The van der Waals surface area contributed by atoms with Crippen LogP contribution in [0.5, 0.6) is 0 Å². The zero-order chi connectivity index (χ0) is 17.2. The van der Waals surface area contributed by atoms with E-state index in [1.807, 2.05) is 6.07 Å². The van der Waals surface area contributed by atoms with Gasteiger partial charge in [-0.05, 0) is 35.9 Å². The van der Waals surface area contributed by atoms with Gasteiger partial charge in [-0.25, -0.2) is 12.8 Å². The average Bonchev–Trinajstić information content (AvgIpc) is 2.90. The zero-order valence-electron chi connectivity index (χ0n) is 12.8. The summed E-state index contributed by atoms with van der Waals surface area (Å²) in [7, 11) is -3.28. The first-order valence-electron chi connectivity index (χ1n) is 7.47. The predicted octanol–water partition coefficient (Wildman–Crippen LogP) is 2.71. The first-order chi connectivity index (χ1) is 11.4. The van der Waals surface area contributed by atoms with E-state index in [2.05, 4.69) is 0 Å². The number of halogens is 1. The Bertz CT molecular complexity index is 861. The van der Waals surface area contributed by atoms with Gasteiger partial charge in [0.05, 0.1) is 18.2 Å². The molecule has 1 amide bonds. The van der Waals surface area contributed by atoms with E-state index in [4.69, 9.17) is 0 Å². The molecule has 0 N–H and O–H groups in total. The third-order valence-electron chi connectivity index (χ3n) is 3.81. The van der Waals surface area contributed by atoms with Crippen LogP contribution in [0.4, 0.5) is 10.1 Å². The minimum absolute atomic E-state index is 0.0690. The Morgan fingerprint density at radius 1 is 1.08 bits per heavy atom. The highest BCUT2D eigenvalue weighted by Gasteiger charge is 2.31. The van der Waals surface area contributed by atoms with Crippen molar-refractivity contribution in [1.82, 2.24) is 0 Å². The van der Waals surface area contributed by atoms with Gasteiger partial charge in [0.2, 0.25) is 5.91 Å². The van der Waals surface area contributed by atoms with Crippen molar-refractivity contribution in [2.45, 2.75) is 12.5 Å². The fourth-order valence-electron chi connectivity index (χ4n) is 2.69. The Labute approximate surface area is 140 Å². The minimum Gasteiger partial charge on any atom is -0.304 e. The summed E-state index contributed by atoms with van der Waals surface area (Å²) >= 11 is 0. The van der Waals surface area contributed by atoms with Crippen molar-refractivity contribution in [3.8, 4) is 0 Å². The highest BCUT2D eigenvalue weighted by atomic mass is 32.2. The van der Waals surface area contributed by atoms with Gasteiger partial charge in [0, 0.05) is 11.1 Å². The normalized spacial score (nSPS) is 18.5. The number of nitrogens with zero attached hydrogens (tertiary/aromatic N) is 1. The molecule has 1 heterocycles. The average molecular weight is 345 g/mol. The van der Waals surface area contributed by atoms with E-state index in [0.29, 0.717) is 11.3 Å². The largest absolute Gasteiger partial charge is 0.304 e. The summed E-state index contributed by atoms with van der Waals surface area (Å²) in [6.45, 7) is 0. The first-order valence-corrected chi connectivity index (χ1v) is 9.19. The van der Waals surface area contributed by atoms with Crippen molar-refractivity contribution in [1.29, 1.82) is 0 Å². The molecule has 124 valence electrons. The first kappa shape index (κ1) is 16.4. The van der Waals surface area contributed by atoms with Crippen LogP contribution in [-0.4, -0.2) is 26.1 Å². The molecule has 0 saturated carbocycles. The predicted molar refractivity (Wildman–Crippen MR) is 90.7 cm³/mol. The number of benzene rings is 2. The second kappa shape index (κ2) is 6.57. The molecular weight excluding hydrogens is 329 g/mol. The monoisotopic (exact) mass is 345 g/mol. The molecule has 0 spiro atoms. The van der Waals surface area contributed by atoms with Gasteiger partial charge in [0.1, 0.15) is 5.82 Å². The highest BCUT2D eigenvalue weighted by molar-refractivity contribution is 7.94. The topological polar surface area (TPSA) is 54.5 Å². The Balaban J connectivity index is 1.88. The molecular formula is C18H16FNO3S. The molecule has 0 radical (unpaired) electrons. The number of amides is 1. The lowest BCUT2D eigenvalue weighted by atomic mass is 10.1. The molecule has 2 aromatic carbocycles. The van der Waals surface area contributed by atoms with E-state index >= 15 is 0 Å². The van der Waals surface area contributed by atoms with Crippen molar-refractivity contribution >= 4 is 21.4 Å². The maximum Gasteiger partial charge on any atom is 0.231 e. The third kappa shape index (κ3) is 3.71. The summed E-state index contributed by atoms with van der Waals surface area (Å²) in [6.07, 6.45) is 1.60. The molecule has 0 aliphatic carbocycles. The number of rotatable bonds is 4. The molecule has 0 aromatic heterocycles. The number of sulfone groups is 1. The summed E-state index contributed by atoms with van der Waals surface area (Å²) < 4.78 is 36.5. The molecule has 0 fully saturated rings. The second-order valence-corrected chi connectivity index (χ2v) is 7.56. The smallest absolute Gasteiger partial charge is 0.231 e. The van der Waals surface area contributed by atoms with Crippen molar-refractivity contribution in [3.63, 3.8) is 0 Å². The van der Waals surface area contributed by atoms with Gasteiger partial charge < -0.3 is 4.90 Å². The van der Waals surface area contributed by atoms with E-state index in [1.165, 1.54) is 23.1 Å². The highest BCUT2D eigenvalue weighted by Crippen LogP contribution is 2.23. The lowest BCUT2D eigenvalue weighted by Gasteiger charge is -2.27. The number of para-hydroxylation sites is 1. The van der Waals surface area contributed by atoms with Crippen LogP contribution in [0, 0.1) is 5.82 Å². The molecule has 24 heavy (non-hydrogen) atoms. The van der Waals surface area contributed by atoms with E-state index < -0.39 is 15.9 Å². The summed E-state index contributed by atoms with van der Waals surface area (Å²) in [5.74, 6) is -0.729. The van der Waals surface area contributed by atoms with Crippen LogP contribution in [-0.2, 0) is 21.1 Å². The minimum atomic E-state index is -3.28.